The van der Waals surface area contributed by atoms with Gasteiger partial charge in [0.15, 0.2) is 0 Å². The summed E-state index contributed by atoms with van der Waals surface area (Å²) in [6, 6.07) is 9.48. The van der Waals surface area contributed by atoms with Gasteiger partial charge in [-0.2, -0.15) is 0 Å². The van der Waals surface area contributed by atoms with Crippen LogP contribution in [0, 0.1) is 12.7 Å². The SMILES string of the molecule is Cc1cc(Cl)ccc1NC(=O)c1c(F)cccc1Br. The molecule has 5 heteroatoms. The number of halogens is 3. The monoisotopic (exact) mass is 341 g/mol. The lowest BCUT2D eigenvalue weighted by atomic mass is 10.1. The molecular weight excluding hydrogens is 333 g/mol. The first-order valence-electron chi connectivity index (χ1n) is 5.50. The smallest absolute Gasteiger partial charge is 0.259 e. The third-order valence-electron chi connectivity index (χ3n) is 2.63. The van der Waals surface area contributed by atoms with Crippen molar-refractivity contribution in [3.05, 3.63) is 62.8 Å². The van der Waals surface area contributed by atoms with Crippen LogP contribution < -0.4 is 5.32 Å². The number of aryl methyl sites for hydroxylation is 1. The van der Waals surface area contributed by atoms with Crippen LogP contribution in [0.2, 0.25) is 5.02 Å². The number of rotatable bonds is 2. The number of carbonyl (C=O) groups excluding carboxylic acids is 1. The Kier molecular flexibility index (Phi) is 4.22. The zero-order valence-electron chi connectivity index (χ0n) is 10.0. The number of hydrogen-bond donors (Lipinski definition) is 1. The maximum atomic E-state index is 13.7. The number of benzene rings is 2. The first-order chi connectivity index (χ1) is 8.99. The zero-order chi connectivity index (χ0) is 14.0. The molecule has 0 spiro atoms. The number of nitrogens with one attached hydrogen (secondary N) is 1. The second-order valence-electron chi connectivity index (χ2n) is 4.01. The molecule has 0 heterocycles. The summed E-state index contributed by atoms with van der Waals surface area (Å²) in [4.78, 5) is 12.1. The van der Waals surface area contributed by atoms with Crippen LogP contribution in [0.5, 0.6) is 0 Å². The van der Waals surface area contributed by atoms with Crippen molar-refractivity contribution in [2.24, 2.45) is 0 Å². The van der Waals surface area contributed by atoms with Gasteiger partial charge in [-0.1, -0.05) is 17.7 Å². The number of anilines is 1. The molecule has 2 aromatic rings. The lowest BCUT2D eigenvalue weighted by Gasteiger charge is -2.10. The van der Waals surface area contributed by atoms with E-state index in [0.29, 0.717) is 15.2 Å². The van der Waals surface area contributed by atoms with Gasteiger partial charge in [0.05, 0.1) is 5.56 Å². The van der Waals surface area contributed by atoms with Crippen LogP contribution in [0.3, 0.4) is 0 Å². The van der Waals surface area contributed by atoms with Crippen molar-refractivity contribution in [1.82, 2.24) is 0 Å². The van der Waals surface area contributed by atoms with Crippen LogP contribution in [-0.4, -0.2) is 5.91 Å². The molecule has 0 unspecified atom stereocenters. The van der Waals surface area contributed by atoms with E-state index in [4.69, 9.17) is 11.6 Å². The Morgan fingerprint density at radius 1 is 1.32 bits per heavy atom. The molecule has 1 amide bonds. The van der Waals surface area contributed by atoms with Gasteiger partial charge in [0.2, 0.25) is 0 Å². The molecule has 0 aliphatic heterocycles. The summed E-state index contributed by atoms with van der Waals surface area (Å²) in [5, 5.41) is 3.25. The number of hydrogen-bond acceptors (Lipinski definition) is 1. The summed E-state index contributed by atoms with van der Waals surface area (Å²) in [5.41, 5.74) is 1.40. The van der Waals surface area contributed by atoms with Crippen LogP contribution in [0.4, 0.5) is 10.1 Å². The lowest BCUT2D eigenvalue weighted by molar-refractivity contribution is 0.102. The van der Waals surface area contributed by atoms with Gasteiger partial charge in [-0.25, -0.2) is 4.39 Å². The minimum Gasteiger partial charge on any atom is -0.322 e. The molecule has 0 atom stereocenters. The average molecular weight is 343 g/mol. The Labute approximate surface area is 123 Å². The van der Waals surface area contributed by atoms with E-state index in [1.54, 1.807) is 24.3 Å². The van der Waals surface area contributed by atoms with Crippen LogP contribution >= 0.6 is 27.5 Å². The fourth-order valence-electron chi connectivity index (χ4n) is 1.67. The molecule has 98 valence electrons. The molecular formula is C14H10BrClFNO. The highest BCUT2D eigenvalue weighted by Crippen LogP contribution is 2.23. The van der Waals surface area contributed by atoms with E-state index in [9.17, 15) is 9.18 Å². The van der Waals surface area contributed by atoms with Gasteiger partial charge in [0.1, 0.15) is 5.82 Å². The standard InChI is InChI=1S/C14H10BrClFNO/c1-8-7-9(16)5-6-12(8)18-14(19)13-10(15)3-2-4-11(13)17/h2-7H,1H3,(H,18,19). The normalized spacial score (nSPS) is 10.3. The molecule has 0 bridgehead atoms. The average Bonchev–Trinajstić information content (AvgIpc) is 2.32. The van der Waals surface area contributed by atoms with Gasteiger partial charge in [-0.15, -0.1) is 0 Å². The predicted octanol–water partition coefficient (Wildman–Crippen LogP) is 4.80. The van der Waals surface area contributed by atoms with Crippen LogP contribution in [-0.2, 0) is 0 Å². The maximum absolute atomic E-state index is 13.7. The molecule has 0 aromatic heterocycles. The third kappa shape index (κ3) is 3.14. The van der Waals surface area contributed by atoms with Gasteiger partial charge < -0.3 is 5.32 Å². The minimum atomic E-state index is -0.571. The summed E-state index contributed by atoms with van der Waals surface area (Å²) in [6.45, 7) is 1.82. The molecule has 0 saturated heterocycles. The van der Waals surface area contributed by atoms with Gasteiger partial charge in [-0.3, -0.25) is 4.79 Å². The molecule has 0 aliphatic rings. The van der Waals surface area contributed by atoms with Crippen LogP contribution in [0.1, 0.15) is 15.9 Å². The first-order valence-corrected chi connectivity index (χ1v) is 6.67. The molecule has 19 heavy (non-hydrogen) atoms. The molecule has 2 rings (SSSR count). The van der Waals surface area contributed by atoms with Crippen molar-refractivity contribution in [3.8, 4) is 0 Å². The molecule has 0 saturated carbocycles. The Bertz CT molecular complexity index is 625. The van der Waals surface area contributed by atoms with Gasteiger partial charge in [0.25, 0.3) is 5.91 Å². The second kappa shape index (κ2) is 5.72. The Morgan fingerprint density at radius 2 is 2.05 bits per heavy atom. The predicted molar refractivity (Wildman–Crippen MR) is 78.2 cm³/mol. The van der Waals surface area contributed by atoms with Crippen molar-refractivity contribution >= 4 is 39.1 Å². The highest BCUT2D eigenvalue weighted by Gasteiger charge is 2.16. The summed E-state index contributed by atoms with van der Waals surface area (Å²) in [5.74, 6) is -1.08. The second-order valence-corrected chi connectivity index (χ2v) is 5.30. The molecule has 0 aliphatic carbocycles. The van der Waals surface area contributed by atoms with E-state index in [1.807, 2.05) is 6.92 Å². The van der Waals surface area contributed by atoms with Crippen LogP contribution in [0.25, 0.3) is 0 Å². The Morgan fingerprint density at radius 3 is 2.68 bits per heavy atom. The van der Waals surface area contributed by atoms with E-state index < -0.39 is 11.7 Å². The lowest BCUT2D eigenvalue weighted by Crippen LogP contribution is -2.15. The van der Waals surface area contributed by atoms with Crippen molar-refractivity contribution < 1.29 is 9.18 Å². The van der Waals surface area contributed by atoms with E-state index in [1.165, 1.54) is 12.1 Å². The van der Waals surface area contributed by atoms with Crippen molar-refractivity contribution in [2.45, 2.75) is 6.92 Å². The maximum Gasteiger partial charge on any atom is 0.259 e. The Hall–Kier alpha value is -1.39. The van der Waals surface area contributed by atoms with Crippen molar-refractivity contribution in [3.63, 3.8) is 0 Å². The molecule has 2 aromatic carbocycles. The van der Waals surface area contributed by atoms with Crippen molar-refractivity contribution in [1.29, 1.82) is 0 Å². The van der Waals surface area contributed by atoms with E-state index in [-0.39, 0.29) is 5.56 Å². The molecule has 2 nitrogen and oxygen atoms in total. The van der Waals surface area contributed by atoms with E-state index >= 15 is 0 Å². The first kappa shape index (κ1) is 14.0. The largest absolute Gasteiger partial charge is 0.322 e. The fourth-order valence-corrected chi connectivity index (χ4v) is 2.42. The van der Waals surface area contributed by atoms with Gasteiger partial charge >= 0.3 is 0 Å². The topological polar surface area (TPSA) is 29.1 Å². The fraction of sp³-hybridized carbons (Fsp3) is 0.0714. The number of carbonyl (C=O) groups is 1. The number of amides is 1. The van der Waals surface area contributed by atoms with E-state index in [0.717, 1.165) is 5.56 Å². The van der Waals surface area contributed by atoms with Gasteiger partial charge in [-0.05, 0) is 58.7 Å². The Balaban J connectivity index is 2.31. The summed E-state index contributed by atoms with van der Waals surface area (Å²) in [6.07, 6.45) is 0. The van der Waals surface area contributed by atoms with E-state index in [2.05, 4.69) is 21.2 Å². The minimum absolute atomic E-state index is 0.0168. The summed E-state index contributed by atoms with van der Waals surface area (Å²) >= 11 is 9.01. The van der Waals surface area contributed by atoms with Gasteiger partial charge in [0, 0.05) is 15.2 Å². The third-order valence-corrected chi connectivity index (χ3v) is 3.52. The van der Waals surface area contributed by atoms with Crippen LogP contribution in [0.15, 0.2) is 40.9 Å². The quantitative estimate of drug-likeness (QED) is 0.834. The molecule has 1 N–H and O–H groups in total. The highest BCUT2D eigenvalue weighted by molar-refractivity contribution is 9.10. The van der Waals surface area contributed by atoms with Crippen molar-refractivity contribution in [2.75, 3.05) is 5.32 Å². The zero-order valence-corrected chi connectivity index (χ0v) is 12.3. The highest BCUT2D eigenvalue weighted by atomic mass is 79.9. The molecule has 0 radical (unpaired) electrons. The summed E-state index contributed by atoms with van der Waals surface area (Å²) < 4.78 is 14.1. The molecule has 0 fully saturated rings. The summed E-state index contributed by atoms with van der Waals surface area (Å²) in [7, 11) is 0.